The van der Waals surface area contributed by atoms with Gasteiger partial charge < -0.3 is 10.1 Å². The summed E-state index contributed by atoms with van der Waals surface area (Å²) in [4.78, 5) is 0. The van der Waals surface area contributed by atoms with E-state index in [0.29, 0.717) is 12.0 Å². The van der Waals surface area contributed by atoms with Crippen molar-refractivity contribution in [2.24, 2.45) is 5.92 Å². The van der Waals surface area contributed by atoms with Crippen LogP contribution in [0.5, 0.6) is 0 Å². The molecule has 0 bridgehead atoms. The van der Waals surface area contributed by atoms with Crippen molar-refractivity contribution in [3.63, 3.8) is 0 Å². The lowest BCUT2D eigenvalue weighted by Crippen LogP contribution is -2.34. The second-order valence-corrected chi connectivity index (χ2v) is 3.70. The highest BCUT2D eigenvalue weighted by atomic mass is 16.5. The summed E-state index contributed by atoms with van der Waals surface area (Å²) in [6.07, 6.45) is 8.66. The van der Waals surface area contributed by atoms with Crippen molar-refractivity contribution in [2.75, 3.05) is 13.7 Å². The van der Waals surface area contributed by atoms with Crippen molar-refractivity contribution in [2.45, 2.75) is 26.0 Å². The van der Waals surface area contributed by atoms with Gasteiger partial charge in [-0.1, -0.05) is 38.2 Å². The summed E-state index contributed by atoms with van der Waals surface area (Å²) in [7, 11) is 1.76. The lowest BCUT2D eigenvalue weighted by molar-refractivity contribution is 0.104. The molecule has 74 valence electrons. The first-order chi connectivity index (χ1) is 6.24. The highest BCUT2D eigenvalue weighted by molar-refractivity contribution is 5.15. The van der Waals surface area contributed by atoms with Crippen molar-refractivity contribution in [3.8, 4) is 0 Å². The zero-order valence-electron chi connectivity index (χ0n) is 8.66. The third-order valence-electron chi connectivity index (χ3n) is 2.23. The highest BCUT2D eigenvalue weighted by Crippen LogP contribution is 2.14. The highest BCUT2D eigenvalue weighted by Gasteiger charge is 2.17. The van der Waals surface area contributed by atoms with E-state index in [1.54, 1.807) is 7.11 Å². The molecule has 0 saturated carbocycles. The van der Waals surface area contributed by atoms with Gasteiger partial charge in [-0.2, -0.15) is 0 Å². The van der Waals surface area contributed by atoms with Crippen molar-refractivity contribution >= 4 is 0 Å². The van der Waals surface area contributed by atoms with Gasteiger partial charge in [-0.05, 0) is 0 Å². The maximum absolute atomic E-state index is 5.36. The molecule has 1 rings (SSSR count). The van der Waals surface area contributed by atoms with E-state index < -0.39 is 0 Å². The van der Waals surface area contributed by atoms with Crippen LogP contribution >= 0.6 is 0 Å². The number of hydrogen-bond acceptors (Lipinski definition) is 2. The fraction of sp³-hybridized carbons (Fsp3) is 0.636. The Morgan fingerprint density at radius 1 is 1.31 bits per heavy atom. The summed E-state index contributed by atoms with van der Waals surface area (Å²) in [6, 6.07) is 0.539. The van der Waals surface area contributed by atoms with Crippen LogP contribution in [-0.4, -0.2) is 25.8 Å². The van der Waals surface area contributed by atoms with Gasteiger partial charge in [0.2, 0.25) is 0 Å². The lowest BCUT2D eigenvalue weighted by atomic mass is 9.97. The van der Waals surface area contributed by atoms with Crippen LogP contribution in [0.3, 0.4) is 0 Å². The first kappa shape index (κ1) is 10.5. The van der Waals surface area contributed by atoms with Crippen LogP contribution in [-0.2, 0) is 4.74 Å². The van der Waals surface area contributed by atoms with E-state index in [9.17, 15) is 0 Å². The van der Waals surface area contributed by atoms with E-state index >= 15 is 0 Å². The van der Waals surface area contributed by atoms with Crippen molar-refractivity contribution in [3.05, 3.63) is 24.3 Å². The van der Waals surface area contributed by atoms with Gasteiger partial charge in [-0.3, -0.25) is 0 Å². The molecule has 2 heteroatoms. The van der Waals surface area contributed by atoms with E-state index in [4.69, 9.17) is 4.74 Å². The normalized spacial score (nSPS) is 27.1. The third-order valence-corrected chi connectivity index (χ3v) is 2.23. The molecule has 0 radical (unpaired) electrons. The van der Waals surface area contributed by atoms with Gasteiger partial charge in [0.05, 0.1) is 6.10 Å². The van der Waals surface area contributed by atoms with E-state index in [2.05, 4.69) is 37.4 Å². The molecule has 2 nitrogen and oxygen atoms in total. The second-order valence-electron chi connectivity index (χ2n) is 3.70. The Hall–Kier alpha value is -0.600. The van der Waals surface area contributed by atoms with Crippen molar-refractivity contribution in [1.29, 1.82) is 0 Å². The third kappa shape index (κ3) is 3.33. The molecule has 1 aliphatic carbocycles. The van der Waals surface area contributed by atoms with Crippen LogP contribution in [0.25, 0.3) is 0 Å². The van der Waals surface area contributed by atoms with Gasteiger partial charge in [-0.25, -0.2) is 0 Å². The number of methoxy groups -OCH3 is 1. The molecule has 0 spiro atoms. The van der Waals surface area contributed by atoms with Gasteiger partial charge in [0.1, 0.15) is 0 Å². The average Bonchev–Trinajstić information content (AvgIpc) is 2.15. The first-order valence-electron chi connectivity index (χ1n) is 4.85. The summed E-state index contributed by atoms with van der Waals surface area (Å²) < 4.78 is 5.36. The van der Waals surface area contributed by atoms with Crippen LogP contribution in [0.2, 0.25) is 0 Å². The molecule has 0 aromatic carbocycles. The predicted molar refractivity (Wildman–Crippen MR) is 55.7 cm³/mol. The van der Waals surface area contributed by atoms with Crippen LogP contribution in [0.15, 0.2) is 24.3 Å². The number of allylic oxidation sites excluding steroid dienone is 2. The number of rotatable bonds is 4. The molecule has 0 amide bonds. The summed E-state index contributed by atoms with van der Waals surface area (Å²) >= 11 is 0. The van der Waals surface area contributed by atoms with Crippen molar-refractivity contribution < 1.29 is 4.74 Å². The summed E-state index contributed by atoms with van der Waals surface area (Å²) in [5, 5.41) is 3.41. The molecule has 13 heavy (non-hydrogen) atoms. The minimum Gasteiger partial charge on any atom is -0.377 e. The van der Waals surface area contributed by atoms with Gasteiger partial charge in [0, 0.05) is 25.6 Å². The van der Waals surface area contributed by atoms with E-state index in [0.717, 1.165) is 6.54 Å². The maximum Gasteiger partial charge on any atom is 0.0829 e. The molecule has 0 fully saturated rings. The average molecular weight is 181 g/mol. The fourth-order valence-corrected chi connectivity index (χ4v) is 1.44. The van der Waals surface area contributed by atoms with Gasteiger partial charge in [0.15, 0.2) is 0 Å². The lowest BCUT2D eigenvalue weighted by Gasteiger charge is -2.24. The molecule has 0 aliphatic heterocycles. The molecule has 2 unspecified atom stereocenters. The molecule has 1 N–H and O–H groups in total. The number of hydrogen-bond donors (Lipinski definition) is 1. The SMILES string of the molecule is COC1C=CC=CC1CNC(C)C. The molecule has 0 saturated heterocycles. The monoisotopic (exact) mass is 181 g/mol. The van der Waals surface area contributed by atoms with E-state index in [1.807, 2.05) is 6.08 Å². The molecule has 1 aliphatic rings. The Morgan fingerprint density at radius 2 is 2.00 bits per heavy atom. The van der Waals surface area contributed by atoms with E-state index in [1.165, 1.54) is 0 Å². The Labute approximate surface area is 80.7 Å². The topological polar surface area (TPSA) is 21.3 Å². The van der Waals surface area contributed by atoms with Crippen LogP contribution in [0, 0.1) is 5.92 Å². The van der Waals surface area contributed by atoms with E-state index in [-0.39, 0.29) is 6.10 Å². The number of nitrogens with one attached hydrogen (secondary N) is 1. The Bertz CT molecular complexity index is 196. The second kappa shape index (κ2) is 5.20. The molecule has 0 aromatic rings. The van der Waals surface area contributed by atoms with Crippen LogP contribution < -0.4 is 5.32 Å². The minimum absolute atomic E-state index is 0.233. The summed E-state index contributed by atoms with van der Waals surface area (Å²) in [5.41, 5.74) is 0. The summed E-state index contributed by atoms with van der Waals surface area (Å²) in [5.74, 6) is 0.470. The summed E-state index contributed by atoms with van der Waals surface area (Å²) in [6.45, 7) is 5.30. The fourth-order valence-electron chi connectivity index (χ4n) is 1.44. The molecule has 0 aromatic heterocycles. The minimum atomic E-state index is 0.233. The predicted octanol–water partition coefficient (Wildman–Crippen LogP) is 1.74. The molecular formula is C11H19NO. The quantitative estimate of drug-likeness (QED) is 0.713. The van der Waals surface area contributed by atoms with Crippen LogP contribution in [0.4, 0.5) is 0 Å². The standard InChI is InChI=1S/C11H19NO/c1-9(2)12-8-10-6-4-5-7-11(10)13-3/h4-7,9-12H,8H2,1-3H3. The van der Waals surface area contributed by atoms with Crippen molar-refractivity contribution in [1.82, 2.24) is 5.32 Å². The number of ether oxygens (including phenoxy) is 1. The maximum atomic E-state index is 5.36. The largest absolute Gasteiger partial charge is 0.377 e. The molecule has 2 atom stereocenters. The van der Waals surface area contributed by atoms with Crippen LogP contribution in [0.1, 0.15) is 13.8 Å². The Kier molecular flexibility index (Phi) is 4.19. The zero-order valence-corrected chi connectivity index (χ0v) is 8.66. The Balaban J connectivity index is 2.39. The van der Waals surface area contributed by atoms with Gasteiger partial charge >= 0.3 is 0 Å². The smallest absolute Gasteiger partial charge is 0.0829 e. The first-order valence-corrected chi connectivity index (χ1v) is 4.85. The van der Waals surface area contributed by atoms with Gasteiger partial charge in [0.25, 0.3) is 0 Å². The molecular weight excluding hydrogens is 162 g/mol. The Morgan fingerprint density at radius 3 is 2.62 bits per heavy atom. The molecule has 0 heterocycles. The zero-order chi connectivity index (χ0) is 9.68. The van der Waals surface area contributed by atoms with Gasteiger partial charge in [-0.15, -0.1) is 0 Å².